The molecule has 0 atom stereocenters. The van der Waals surface area contributed by atoms with Crippen molar-refractivity contribution in [1.82, 2.24) is 10.3 Å². The summed E-state index contributed by atoms with van der Waals surface area (Å²) in [6, 6.07) is 30.0. The molecule has 182 valence electrons. The minimum atomic E-state index is -0.394. The molecule has 0 fully saturated rings. The first-order valence-corrected chi connectivity index (χ1v) is 12.8. The number of carbonyl (C=O) groups is 1. The lowest BCUT2D eigenvalue weighted by Crippen LogP contribution is -2.26. The zero-order chi connectivity index (χ0) is 25.6. The Morgan fingerprint density at radius 2 is 1.76 bits per heavy atom. The number of halogens is 1. The second kappa shape index (κ2) is 11.2. The van der Waals surface area contributed by atoms with E-state index in [0.29, 0.717) is 25.3 Å². The van der Waals surface area contributed by atoms with E-state index in [1.165, 1.54) is 5.39 Å². The fraction of sp³-hybridized carbons (Fsp3) is 0.0968. The van der Waals surface area contributed by atoms with E-state index < -0.39 is 5.91 Å². The van der Waals surface area contributed by atoms with E-state index in [2.05, 4.69) is 56.6 Å². The highest BCUT2D eigenvalue weighted by Gasteiger charge is 2.11. The number of aromatic nitrogens is 1. The molecule has 5 rings (SSSR count). The number of carbonyl (C=O) groups excluding carboxylic acids is 1. The van der Waals surface area contributed by atoms with Gasteiger partial charge < -0.3 is 15.0 Å². The third-order valence-electron chi connectivity index (χ3n) is 6.25. The topological polar surface area (TPSA) is 77.9 Å². The monoisotopic (exact) mass is 549 g/mol. The number of H-pyrrole nitrogens is 1. The molecule has 37 heavy (non-hydrogen) atoms. The molecule has 0 aliphatic rings. The molecule has 0 saturated heterocycles. The fourth-order valence-electron chi connectivity index (χ4n) is 4.36. The molecule has 0 bridgehead atoms. The Morgan fingerprint density at radius 3 is 2.59 bits per heavy atom. The molecule has 4 aromatic carbocycles. The SMILES string of the molecule is N#C/C(=C/c1ccc(OCc2cccc3ccccc23)c(Br)c1)C(=O)NCCc1c[nH]c2ccccc12. The van der Waals surface area contributed by atoms with Crippen molar-refractivity contribution < 1.29 is 9.53 Å². The van der Waals surface area contributed by atoms with Crippen LogP contribution < -0.4 is 10.1 Å². The number of ether oxygens (including phenoxy) is 1. The van der Waals surface area contributed by atoms with E-state index in [9.17, 15) is 10.1 Å². The van der Waals surface area contributed by atoms with Crippen LogP contribution in [-0.4, -0.2) is 17.4 Å². The Morgan fingerprint density at radius 1 is 0.973 bits per heavy atom. The number of amides is 1. The summed E-state index contributed by atoms with van der Waals surface area (Å²) in [5.74, 6) is 0.293. The van der Waals surface area contributed by atoms with Gasteiger partial charge in [-0.15, -0.1) is 0 Å². The smallest absolute Gasteiger partial charge is 0.261 e. The van der Waals surface area contributed by atoms with Gasteiger partial charge in [-0.2, -0.15) is 5.26 Å². The van der Waals surface area contributed by atoms with E-state index in [0.717, 1.165) is 37.5 Å². The van der Waals surface area contributed by atoms with Crippen molar-refractivity contribution in [3.8, 4) is 11.8 Å². The van der Waals surface area contributed by atoms with Crippen LogP contribution in [-0.2, 0) is 17.8 Å². The molecular formula is C31H24BrN3O2. The van der Waals surface area contributed by atoms with Gasteiger partial charge in [0.15, 0.2) is 0 Å². The number of hydrogen-bond acceptors (Lipinski definition) is 3. The molecule has 0 radical (unpaired) electrons. The minimum absolute atomic E-state index is 0.0512. The van der Waals surface area contributed by atoms with E-state index in [1.54, 1.807) is 6.08 Å². The molecule has 1 aromatic heterocycles. The molecular weight excluding hydrogens is 526 g/mol. The summed E-state index contributed by atoms with van der Waals surface area (Å²) in [6.45, 7) is 0.863. The number of para-hydroxylation sites is 1. The molecule has 2 N–H and O–H groups in total. The highest BCUT2D eigenvalue weighted by Crippen LogP contribution is 2.29. The van der Waals surface area contributed by atoms with Crippen LogP contribution >= 0.6 is 15.9 Å². The number of aromatic amines is 1. The molecule has 1 amide bonds. The Kier molecular flexibility index (Phi) is 7.34. The summed E-state index contributed by atoms with van der Waals surface area (Å²) >= 11 is 3.56. The number of nitrogens with one attached hydrogen (secondary N) is 2. The van der Waals surface area contributed by atoms with Gasteiger partial charge >= 0.3 is 0 Å². The molecule has 0 saturated carbocycles. The average Bonchev–Trinajstić information content (AvgIpc) is 3.34. The van der Waals surface area contributed by atoms with Crippen molar-refractivity contribution in [2.24, 2.45) is 0 Å². The predicted octanol–water partition coefficient (Wildman–Crippen LogP) is 6.93. The zero-order valence-electron chi connectivity index (χ0n) is 20.0. The Labute approximate surface area is 223 Å². The van der Waals surface area contributed by atoms with Gasteiger partial charge in [-0.25, -0.2) is 0 Å². The average molecular weight is 550 g/mol. The van der Waals surface area contributed by atoms with Crippen LogP contribution in [0.5, 0.6) is 5.75 Å². The van der Waals surface area contributed by atoms with Gasteiger partial charge in [-0.3, -0.25) is 4.79 Å². The Bertz CT molecular complexity index is 1660. The molecule has 5 aromatic rings. The van der Waals surface area contributed by atoms with Crippen molar-refractivity contribution in [2.75, 3.05) is 6.54 Å². The number of fused-ring (bicyclic) bond motifs is 2. The maximum Gasteiger partial charge on any atom is 0.261 e. The second-order valence-electron chi connectivity index (χ2n) is 8.65. The van der Waals surface area contributed by atoms with Gasteiger partial charge in [0.25, 0.3) is 5.91 Å². The lowest BCUT2D eigenvalue weighted by molar-refractivity contribution is -0.117. The molecule has 1 heterocycles. The molecule has 5 nitrogen and oxygen atoms in total. The van der Waals surface area contributed by atoms with Crippen LogP contribution in [0, 0.1) is 11.3 Å². The number of hydrogen-bond donors (Lipinski definition) is 2. The van der Waals surface area contributed by atoms with Crippen LogP contribution in [0.15, 0.2) is 101 Å². The van der Waals surface area contributed by atoms with E-state index in [1.807, 2.05) is 66.9 Å². The maximum atomic E-state index is 12.6. The molecule has 0 unspecified atom stereocenters. The van der Waals surface area contributed by atoms with Gasteiger partial charge in [-0.1, -0.05) is 66.7 Å². The summed E-state index contributed by atoms with van der Waals surface area (Å²) in [7, 11) is 0. The van der Waals surface area contributed by atoms with Crippen molar-refractivity contribution in [1.29, 1.82) is 5.26 Å². The second-order valence-corrected chi connectivity index (χ2v) is 9.51. The van der Waals surface area contributed by atoms with Gasteiger partial charge in [0.05, 0.1) is 4.47 Å². The lowest BCUT2D eigenvalue weighted by Gasteiger charge is -2.11. The third-order valence-corrected chi connectivity index (χ3v) is 6.87. The lowest BCUT2D eigenvalue weighted by atomic mass is 10.1. The Hall–Kier alpha value is -4.34. The van der Waals surface area contributed by atoms with Crippen molar-refractivity contribution >= 4 is 49.6 Å². The molecule has 6 heteroatoms. The highest BCUT2D eigenvalue weighted by molar-refractivity contribution is 9.10. The quantitative estimate of drug-likeness (QED) is 0.163. The van der Waals surface area contributed by atoms with Gasteiger partial charge in [-0.05, 0) is 74.1 Å². The van der Waals surface area contributed by atoms with Crippen molar-refractivity contribution in [3.05, 3.63) is 118 Å². The van der Waals surface area contributed by atoms with Gasteiger partial charge in [0.1, 0.15) is 24.0 Å². The summed E-state index contributed by atoms with van der Waals surface area (Å²) in [5.41, 5.74) is 4.07. The normalized spacial score (nSPS) is 11.4. The molecule has 0 aliphatic heterocycles. The summed E-state index contributed by atoms with van der Waals surface area (Å²) in [4.78, 5) is 15.9. The first-order valence-electron chi connectivity index (χ1n) is 12.0. The number of benzene rings is 4. The Balaban J connectivity index is 1.22. The maximum absolute atomic E-state index is 12.6. The van der Waals surface area contributed by atoms with Crippen LogP contribution in [0.3, 0.4) is 0 Å². The predicted molar refractivity (Wildman–Crippen MR) is 151 cm³/mol. The van der Waals surface area contributed by atoms with E-state index in [4.69, 9.17) is 4.74 Å². The molecule has 0 aliphatic carbocycles. The first kappa shape index (κ1) is 24.4. The summed E-state index contributed by atoms with van der Waals surface area (Å²) in [5, 5.41) is 15.9. The largest absolute Gasteiger partial charge is 0.488 e. The number of nitrogens with zero attached hydrogens (tertiary/aromatic N) is 1. The standard InChI is InChI=1S/C31H24BrN3O2/c32-28-17-21(12-13-30(28)37-20-24-8-5-7-22-6-1-2-9-26(22)24)16-25(18-33)31(36)34-15-14-23-19-35-29-11-4-3-10-27(23)29/h1-13,16-17,19,35H,14-15,20H2,(H,34,36)/b25-16-. The van der Waals surface area contributed by atoms with Crippen LogP contribution in [0.25, 0.3) is 27.8 Å². The van der Waals surface area contributed by atoms with Crippen LogP contribution in [0.1, 0.15) is 16.7 Å². The van der Waals surface area contributed by atoms with Crippen molar-refractivity contribution in [2.45, 2.75) is 13.0 Å². The van der Waals surface area contributed by atoms with Crippen LogP contribution in [0.4, 0.5) is 0 Å². The van der Waals surface area contributed by atoms with Gasteiger partial charge in [0.2, 0.25) is 0 Å². The first-order chi connectivity index (χ1) is 18.1. The number of nitriles is 1. The highest BCUT2D eigenvalue weighted by atomic mass is 79.9. The van der Waals surface area contributed by atoms with Crippen molar-refractivity contribution in [3.63, 3.8) is 0 Å². The summed E-state index contributed by atoms with van der Waals surface area (Å²) < 4.78 is 6.82. The zero-order valence-corrected chi connectivity index (χ0v) is 21.6. The minimum Gasteiger partial charge on any atom is -0.488 e. The fourth-order valence-corrected chi connectivity index (χ4v) is 4.87. The third kappa shape index (κ3) is 5.58. The van der Waals surface area contributed by atoms with Gasteiger partial charge in [0, 0.05) is 23.6 Å². The van der Waals surface area contributed by atoms with E-state index >= 15 is 0 Å². The van der Waals surface area contributed by atoms with E-state index in [-0.39, 0.29) is 5.57 Å². The summed E-state index contributed by atoms with van der Waals surface area (Å²) in [6.07, 6.45) is 4.21. The number of rotatable bonds is 8. The van der Waals surface area contributed by atoms with Crippen LogP contribution in [0.2, 0.25) is 0 Å². The molecule has 0 spiro atoms.